The molecule has 1 aliphatic rings. The van der Waals surface area contributed by atoms with E-state index in [1.54, 1.807) is 6.20 Å². The lowest BCUT2D eigenvalue weighted by atomic mass is 10.0. The van der Waals surface area contributed by atoms with Crippen LogP contribution >= 0.6 is 0 Å². The molecule has 28 heavy (non-hydrogen) atoms. The second-order valence-corrected chi connectivity index (χ2v) is 6.96. The molecule has 0 spiro atoms. The normalized spacial score (nSPS) is 19.7. The number of nitrogens with one attached hydrogen (secondary N) is 1. The summed E-state index contributed by atoms with van der Waals surface area (Å²) in [4.78, 5) is 8.42. The van der Waals surface area contributed by atoms with Crippen molar-refractivity contribution < 1.29 is 0 Å². The van der Waals surface area contributed by atoms with Gasteiger partial charge in [-0.3, -0.25) is 15.8 Å². The Labute approximate surface area is 162 Å². The second kappa shape index (κ2) is 6.72. The molecule has 5 N–H and O–H groups in total. The highest BCUT2D eigenvalue weighted by Gasteiger charge is 2.36. The van der Waals surface area contributed by atoms with Crippen molar-refractivity contribution in [2.24, 2.45) is 11.5 Å². The van der Waals surface area contributed by atoms with Gasteiger partial charge in [0.1, 0.15) is 6.29 Å². The molecule has 2 aromatic carbocycles. The summed E-state index contributed by atoms with van der Waals surface area (Å²) >= 11 is 0. The predicted octanol–water partition coefficient (Wildman–Crippen LogP) is 2.81. The van der Waals surface area contributed by atoms with E-state index in [0.717, 1.165) is 33.4 Å². The molecule has 140 valence electrons. The highest BCUT2D eigenvalue weighted by molar-refractivity contribution is 5.84. The highest BCUT2D eigenvalue weighted by Crippen LogP contribution is 2.40. The lowest BCUT2D eigenvalue weighted by molar-refractivity contribution is 0.121. The van der Waals surface area contributed by atoms with Crippen molar-refractivity contribution in [3.05, 3.63) is 84.3 Å². The van der Waals surface area contributed by atoms with Crippen molar-refractivity contribution in [3.8, 4) is 0 Å². The average Bonchev–Trinajstić information content (AvgIpc) is 3.20. The summed E-state index contributed by atoms with van der Waals surface area (Å²) in [6, 6.07) is 18.3. The van der Waals surface area contributed by atoms with E-state index in [2.05, 4.69) is 49.2 Å². The minimum Gasteiger partial charge on any atom is -0.312 e. The van der Waals surface area contributed by atoms with Gasteiger partial charge in [-0.25, -0.2) is 4.90 Å². The Morgan fingerprint density at radius 1 is 1.00 bits per heavy atom. The Kier molecular flexibility index (Phi) is 4.05. The Morgan fingerprint density at radius 2 is 1.89 bits per heavy atom. The number of nitrogens with two attached hydrogens (primary N) is 2. The summed E-state index contributed by atoms with van der Waals surface area (Å²) < 4.78 is 0. The minimum absolute atomic E-state index is 0.307. The van der Waals surface area contributed by atoms with E-state index in [1.165, 1.54) is 0 Å². The first-order valence-corrected chi connectivity index (χ1v) is 9.19. The number of hydrogen-bond donors (Lipinski definition) is 3. The minimum atomic E-state index is -0.425. The van der Waals surface area contributed by atoms with Crippen LogP contribution < -0.4 is 16.4 Å². The fourth-order valence-electron chi connectivity index (χ4n) is 3.85. The van der Waals surface area contributed by atoms with Crippen LogP contribution in [-0.4, -0.2) is 26.4 Å². The third-order valence-corrected chi connectivity index (χ3v) is 5.27. The summed E-state index contributed by atoms with van der Waals surface area (Å²) in [6.07, 6.45) is 4.69. The molecule has 0 radical (unpaired) electrons. The third-order valence-electron chi connectivity index (χ3n) is 5.27. The fraction of sp³-hybridized carbons (Fsp3) is 0.143. The summed E-state index contributed by atoms with van der Waals surface area (Å²) in [6.45, 7) is 0.604. The number of benzene rings is 2. The molecule has 0 saturated carbocycles. The maximum atomic E-state index is 6.75. The molecule has 1 aliphatic heterocycles. The molecule has 7 nitrogen and oxygen atoms in total. The van der Waals surface area contributed by atoms with Crippen LogP contribution in [0.3, 0.4) is 0 Å². The zero-order chi connectivity index (χ0) is 19.1. The van der Waals surface area contributed by atoms with E-state index in [9.17, 15) is 0 Å². The molecular formula is C21H21N7. The van der Waals surface area contributed by atoms with E-state index in [1.807, 2.05) is 42.7 Å². The monoisotopic (exact) mass is 371 g/mol. The smallest absolute Gasteiger partial charge is 0.141 e. The number of hydrogen-bond acceptors (Lipinski definition) is 6. The molecule has 4 aromatic rings. The molecule has 3 heterocycles. The van der Waals surface area contributed by atoms with Crippen LogP contribution in [0.25, 0.3) is 10.9 Å². The van der Waals surface area contributed by atoms with E-state index >= 15 is 0 Å². The van der Waals surface area contributed by atoms with Crippen LogP contribution in [0.2, 0.25) is 0 Å². The number of aromatic amines is 1. The van der Waals surface area contributed by atoms with E-state index < -0.39 is 6.29 Å². The van der Waals surface area contributed by atoms with Gasteiger partial charge >= 0.3 is 0 Å². The molecule has 2 atom stereocenters. The highest BCUT2D eigenvalue weighted by atomic mass is 15.5. The van der Waals surface area contributed by atoms with E-state index in [-0.39, 0.29) is 6.17 Å². The van der Waals surface area contributed by atoms with Crippen molar-refractivity contribution in [1.29, 1.82) is 0 Å². The first kappa shape index (κ1) is 16.9. The fourth-order valence-corrected chi connectivity index (χ4v) is 3.85. The van der Waals surface area contributed by atoms with Gasteiger partial charge in [0, 0.05) is 41.3 Å². The summed E-state index contributed by atoms with van der Waals surface area (Å²) in [5, 5.41) is 8.22. The molecule has 2 unspecified atom stereocenters. The molecule has 0 bridgehead atoms. The van der Waals surface area contributed by atoms with Crippen LogP contribution in [0, 0.1) is 0 Å². The number of aromatic nitrogens is 3. The van der Waals surface area contributed by atoms with Gasteiger partial charge in [-0.15, -0.1) is 0 Å². The maximum absolute atomic E-state index is 6.75. The number of nitrogens with zero attached hydrogens (tertiary/aromatic N) is 4. The molecule has 5 rings (SSSR count). The summed E-state index contributed by atoms with van der Waals surface area (Å²) in [5.41, 5.74) is 18.5. The number of fused-ring (bicyclic) bond motifs is 2. The first-order chi connectivity index (χ1) is 13.7. The van der Waals surface area contributed by atoms with Crippen LogP contribution in [0.4, 0.5) is 11.4 Å². The standard InChI is InChI=1S/C21H21N7/c22-20-17-5-1-2-6-19(17)28(16-8-7-15-12-25-26-18(15)10-16)21(23)27(20)13-14-4-3-9-24-11-14/h1-12,20-21H,13,22-23H2,(H,25,26). The molecular weight excluding hydrogens is 350 g/mol. The van der Waals surface area contributed by atoms with Crippen LogP contribution in [0.1, 0.15) is 17.3 Å². The van der Waals surface area contributed by atoms with Gasteiger partial charge in [-0.05, 0) is 35.9 Å². The number of anilines is 2. The van der Waals surface area contributed by atoms with Crippen LogP contribution in [0.5, 0.6) is 0 Å². The molecule has 0 fully saturated rings. The summed E-state index contributed by atoms with van der Waals surface area (Å²) in [7, 11) is 0. The maximum Gasteiger partial charge on any atom is 0.141 e. The van der Waals surface area contributed by atoms with Crippen molar-refractivity contribution in [2.75, 3.05) is 4.90 Å². The van der Waals surface area contributed by atoms with Gasteiger partial charge < -0.3 is 10.6 Å². The largest absolute Gasteiger partial charge is 0.312 e. The number of para-hydroxylation sites is 1. The third kappa shape index (κ3) is 2.73. The Bertz CT molecular complexity index is 1110. The van der Waals surface area contributed by atoms with Gasteiger partial charge in [0.25, 0.3) is 0 Å². The molecule has 7 heteroatoms. The Balaban J connectivity index is 1.61. The van der Waals surface area contributed by atoms with Gasteiger partial charge in [0.15, 0.2) is 0 Å². The van der Waals surface area contributed by atoms with Crippen molar-refractivity contribution >= 4 is 22.3 Å². The van der Waals surface area contributed by atoms with Crippen molar-refractivity contribution in [3.63, 3.8) is 0 Å². The lowest BCUT2D eigenvalue weighted by Crippen LogP contribution is -2.58. The Morgan fingerprint density at radius 3 is 2.75 bits per heavy atom. The zero-order valence-electron chi connectivity index (χ0n) is 15.2. The zero-order valence-corrected chi connectivity index (χ0v) is 15.2. The molecule has 2 aromatic heterocycles. The van der Waals surface area contributed by atoms with Gasteiger partial charge in [0.05, 0.1) is 17.9 Å². The van der Waals surface area contributed by atoms with Crippen LogP contribution in [0.15, 0.2) is 73.2 Å². The van der Waals surface area contributed by atoms with Crippen molar-refractivity contribution in [2.45, 2.75) is 19.0 Å². The topological polar surface area (TPSA) is 100 Å². The van der Waals surface area contributed by atoms with Gasteiger partial charge in [0.2, 0.25) is 0 Å². The van der Waals surface area contributed by atoms with Gasteiger partial charge in [-0.2, -0.15) is 5.10 Å². The summed E-state index contributed by atoms with van der Waals surface area (Å²) in [5.74, 6) is 0. The average molecular weight is 371 g/mol. The Hall–Kier alpha value is -3.26. The molecule has 0 aliphatic carbocycles. The quantitative estimate of drug-likeness (QED) is 0.512. The van der Waals surface area contributed by atoms with Gasteiger partial charge in [-0.1, -0.05) is 24.3 Å². The second-order valence-electron chi connectivity index (χ2n) is 6.96. The van der Waals surface area contributed by atoms with Crippen molar-refractivity contribution in [1.82, 2.24) is 20.1 Å². The first-order valence-electron chi connectivity index (χ1n) is 9.19. The SMILES string of the molecule is NC1c2ccccc2N(c2ccc3cn[nH]c3c2)C(N)N1Cc1cccnc1. The van der Waals surface area contributed by atoms with E-state index in [4.69, 9.17) is 11.5 Å². The molecule has 0 amide bonds. The number of rotatable bonds is 3. The lowest BCUT2D eigenvalue weighted by Gasteiger charge is -2.47. The number of pyridine rings is 1. The van der Waals surface area contributed by atoms with E-state index in [0.29, 0.717) is 6.54 Å². The van der Waals surface area contributed by atoms with Crippen LogP contribution in [-0.2, 0) is 6.54 Å². The molecule has 0 saturated heterocycles. The predicted molar refractivity (Wildman–Crippen MR) is 109 cm³/mol. The number of H-pyrrole nitrogens is 1.